The van der Waals surface area contributed by atoms with Gasteiger partial charge in [0.2, 0.25) is 0 Å². The second-order valence-corrected chi connectivity index (χ2v) is 7.19. The normalized spacial score (nSPS) is 13.7. The fourth-order valence-electron chi connectivity index (χ4n) is 3.03. The molecule has 1 heterocycles. The van der Waals surface area contributed by atoms with Gasteiger partial charge < -0.3 is 30.4 Å². The van der Waals surface area contributed by atoms with Crippen LogP contribution in [0, 0.1) is 11.8 Å². The van der Waals surface area contributed by atoms with Crippen molar-refractivity contribution in [2.75, 3.05) is 19.8 Å². The van der Waals surface area contributed by atoms with Gasteiger partial charge in [-0.25, -0.2) is 4.98 Å². The minimum Gasteiger partial charge on any atom is -0.492 e. The molecule has 0 saturated heterocycles. The molecular formula is C24H27N3O4. The molecule has 162 valence electrons. The molecule has 0 amide bonds. The Bertz CT molecular complexity index is 1020. The molecule has 0 spiro atoms. The van der Waals surface area contributed by atoms with E-state index in [9.17, 15) is 10.2 Å². The van der Waals surface area contributed by atoms with Gasteiger partial charge in [0.1, 0.15) is 30.3 Å². The summed E-state index contributed by atoms with van der Waals surface area (Å²) in [6.07, 6.45) is 2.54. The van der Waals surface area contributed by atoms with Gasteiger partial charge in [-0.1, -0.05) is 36.1 Å². The number of nitrogens with zero attached hydrogens (tertiary/aromatic N) is 2. The number of aliphatic hydroxyl groups is 3. The summed E-state index contributed by atoms with van der Waals surface area (Å²) in [6, 6.07) is 14.6. The van der Waals surface area contributed by atoms with E-state index in [1.54, 1.807) is 23.9 Å². The first-order valence-corrected chi connectivity index (χ1v) is 10.0. The number of imidazole rings is 1. The summed E-state index contributed by atoms with van der Waals surface area (Å²) < 4.78 is 7.23. The lowest BCUT2D eigenvalue weighted by Gasteiger charge is -2.14. The van der Waals surface area contributed by atoms with Crippen LogP contribution in [0.1, 0.15) is 30.5 Å². The summed E-state index contributed by atoms with van der Waals surface area (Å²) in [5, 5.41) is 28.5. The van der Waals surface area contributed by atoms with E-state index < -0.39 is 18.2 Å². The molecule has 0 aliphatic rings. The van der Waals surface area contributed by atoms with Crippen molar-refractivity contribution in [3.63, 3.8) is 0 Å². The maximum absolute atomic E-state index is 9.81. The summed E-state index contributed by atoms with van der Waals surface area (Å²) in [7, 11) is 0. The Morgan fingerprint density at radius 1 is 1.03 bits per heavy atom. The van der Waals surface area contributed by atoms with Gasteiger partial charge in [-0.2, -0.15) is 0 Å². The minimum absolute atomic E-state index is 0.115. The molecule has 1 aromatic heterocycles. The Morgan fingerprint density at radius 2 is 1.68 bits per heavy atom. The van der Waals surface area contributed by atoms with Crippen molar-refractivity contribution in [2.45, 2.75) is 25.1 Å². The Morgan fingerprint density at radius 3 is 2.26 bits per heavy atom. The smallest absolute Gasteiger partial charge is 0.138 e. The third-order valence-corrected chi connectivity index (χ3v) is 4.74. The van der Waals surface area contributed by atoms with Crippen LogP contribution >= 0.6 is 0 Å². The number of benzene rings is 2. The van der Waals surface area contributed by atoms with Gasteiger partial charge in [0, 0.05) is 18.0 Å². The molecule has 7 nitrogen and oxygen atoms in total. The number of nitrogens with two attached hydrogens (primary N) is 1. The second-order valence-electron chi connectivity index (χ2n) is 7.19. The van der Waals surface area contributed by atoms with E-state index in [0.29, 0.717) is 11.6 Å². The molecule has 3 atom stereocenters. The highest BCUT2D eigenvalue weighted by molar-refractivity contribution is 5.65. The van der Waals surface area contributed by atoms with Crippen LogP contribution in [-0.2, 0) is 0 Å². The predicted molar refractivity (Wildman–Crippen MR) is 118 cm³/mol. The highest BCUT2D eigenvalue weighted by Gasteiger charge is 2.14. The van der Waals surface area contributed by atoms with Crippen LogP contribution in [0.25, 0.3) is 11.1 Å². The molecule has 0 saturated carbocycles. The molecule has 3 aromatic rings. The lowest BCUT2D eigenvalue weighted by atomic mass is 10.0. The van der Waals surface area contributed by atoms with E-state index in [-0.39, 0.29) is 19.8 Å². The topological polar surface area (TPSA) is 114 Å². The van der Waals surface area contributed by atoms with Crippen molar-refractivity contribution in [1.29, 1.82) is 0 Å². The van der Waals surface area contributed by atoms with Gasteiger partial charge in [-0.05, 0) is 42.3 Å². The van der Waals surface area contributed by atoms with Crippen molar-refractivity contribution in [1.82, 2.24) is 9.55 Å². The molecule has 31 heavy (non-hydrogen) atoms. The maximum atomic E-state index is 9.81. The lowest BCUT2D eigenvalue weighted by Crippen LogP contribution is -2.31. The zero-order chi connectivity index (χ0) is 22.2. The summed E-state index contributed by atoms with van der Waals surface area (Å²) in [5.74, 6) is 7.29. The molecular weight excluding hydrogens is 394 g/mol. The van der Waals surface area contributed by atoms with Crippen molar-refractivity contribution in [2.24, 2.45) is 5.73 Å². The number of hydrogen-bond donors (Lipinski definition) is 4. The Kier molecular flexibility index (Phi) is 7.82. The zero-order valence-electron chi connectivity index (χ0n) is 17.3. The van der Waals surface area contributed by atoms with E-state index in [2.05, 4.69) is 16.8 Å². The van der Waals surface area contributed by atoms with Crippen molar-refractivity contribution >= 4 is 0 Å². The number of rotatable bonds is 8. The molecule has 0 radical (unpaired) electrons. The SMILES string of the molecule is C[C@H](O)c1nccn1C(C#Cc1ccc(-c2ccc(OCC(N)CO)cc2)cc1)CO. The Balaban J connectivity index is 1.68. The summed E-state index contributed by atoms with van der Waals surface area (Å²) in [4.78, 5) is 4.12. The fourth-order valence-corrected chi connectivity index (χ4v) is 3.03. The third-order valence-electron chi connectivity index (χ3n) is 4.74. The molecule has 3 rings (SSSR count). The van der Waals surface area contributed by atoms with Crippen LogP contribution in [-0.4, -0.2) is 50.7 Å². The number of aromatic nitrogens is 2. The maximum Gasteiger partial charge on any atom is 0.138 e. The molecule has 0 fully saturated rings. The molecule has 0 bridgehead atoms. The number of hydrogen-bond acceptors (Lipinski definition) is 6. The van der Waals surface area contributed by atoms with Crippen LogP contribution in [0.4, 0.5) is 0 Å². The van der Waals surface area contributed by atoms with Gasteiger partial charge in [0.25, 0.3) is 0 Å². The van der Waals surface area contributed by atoms with Crippen LogP contribution in [0.5, 0.6) is 5.75 Å². The first kappa shape index (κ1) is 22.5. The molecule has 2 unspecified atom stereocenters. The van der Waals surface area contributed by atoms with E-state index in [1.807, 2.05) is 48.5 Å². The predicted octanol–water partition coefficient (Wildman–Crippen LogP) is 1.89. The minimum atomic E-state index is -0.742. The van der Waals surface area contributed by atoms with Crippen LogP contribution in [0.2, 0.25) is 0 Å². The van der Waals surface area contributed by atoms with Gasteiger partial charge in [-0.15, -0.1) is 0 Å². The van der Waals surface area contributed by atoms with Gasteiger partial charge in [0.05, 0.1) is 19.3 Å². The monoisotopic (exact) mass is 421 g/mol. The molecule has 0 aliphatic heterocycles. The van der Waals surface area contributed by atoms with Crippen molar-refractivity contribution in [3.05, 3.63) is 72.3 Å². The fraction of sp³-hybridized carbons (Fsp3) is 0.292. The van der Waals surface area contributed by atoms with Gasteiger partial charge in [-0.3, -0.25) is 0 Å². The number of aliphatic hydroxyl groups excluding tert-OH is 3. The molecule has 0 aliphatic carbocycles. The van der Waals surface area contributed by atoms with Gasteiger partial charge >= 0.3 is 0 Å². The van der Waals surface area contributed by atoms with E-state index in [1.165, 1.54) is 0 Å². The Hall–Kier alpha value is -3.15. The van der Waals surface area contributed by atoms with E-state index in [4.69, 9.17) is 15.6 Å². The largest absolute Gasteiger partial charge is 0.492 e. The average Bonchev–Trinajstić information content (AvgIpc) is 3.29. The van der Waals surface area contributed by atoms with Crippen LogP contribution in [0.15, 0.2) is 60.9 Å². The van der Waals surface area contributed by atoms with Crippen LogP contribution in [0.3, 0.4) is 0 Å². The third kappa shape index (κ3) is 5.94. The first-order valence-electron chi connectivity index (χ1n) is 10.0. The standard InChI is InChI=1S/C24H27N3O4/c1-17(30)24-26-12-13-27(24)22(15-29)9-4-18-2-5-19(6-3-18)20-7-10-23(11-8-20)31-16-21(25)14-28/h2-3,5-8,10-13,17,21-22,28-30H,14-16,25H2,1H3/t17-,21?,22?/m0/s1. The zero-order valence-corrected chi connectivity index (χ0v) is 17.3. The van der Waals surface area contributed by atoms with Crippen molar-refractivity contribution < 1.29 is 20.1 Å². The second kappa shape index (κ2) is 10.8. The number of ether oxygens (including phenoxy) is 1. The van der Waals surface area contributed by atoms with E-state index >= 15 is 0 Å². The van der Waals surface area contributed by atoms with E-state index in [0.717, 1.165) is 16.7 Å². The van der Waals surface area contributed by atoms with Crippen molar-refractivity contribution in [3.8, 4) is 28.7 Å². The highest BCUT2D eigenvalue weighted by Crippen LogP contribution is 2.23. The molecule has 2 aromatic carbocycles. The summed E-state index contributed by atoms with van der Waals surface area (Å²) >= 11 is 0. The highest BCUT2D eigenvalue weighted by atomic mass is 16.5. The molecule has 5 N–H and O–H groups in total. The first-order chi connectivity index (χ1) is 15.0. The summed E-state index contributed by atoms with van der Waals surface area (Å²) in [6.45, 7) is 1.59. The summed E-state index contributed by atoms with van der Waals surface area (Å²) in [5.41, 5.74) is 8.53. The van der Waals surface area contributed by atoms with Crippen LogP contribution < -0.4 is 10.5 Å². The lowest BCUT2D eigenvalue weighted by molar-refractivity contribution is 0.176. The Labute approximate surface area is 181 Å². The molecule has 7 heteroatoms. The van der Waals surface area contributed by atoms with Gasteiger partial charge in [0.15, 0.2) is 0 Å². The quantitative estimate of drug-likeness (QED) is 0.413. The average molecular weight is 421 g/mol.